The highest BCUT2D eigenvalue weighted by molar-refractivity contribution is 7.99. The van der Waals surface area contributed by atoms with Crippen molar-refractivity contribution in [1.82, 2.24) is 25.0 Å². The first-order chi connectivity index (χ1) is 15.7. The van der Waals surface area contributed by atoms with Gasteiger partial charge in [-0.25, -0.2) is 14.8 Å². The SMILES string of the molecule is O=C1NC(=O)C(=Cc2c(C(F)(F)F)nc3c(NC4CC4)nc(Sc4cccc(Cl)c4)cn23)N1. The molecule has 0 radical (unpaired) electrons. The van der Waals surface area contributed by atoms with Crippen LogP contribution in [0.2, 0.25) is 5.02 Å². The minimum absolute atomic E-state index is 0.0405. The number of benzene rings is 1. The molecule has 1 aliphatic carbocycles. The number of hydrogen-bond acceptors (Lipinski definition) is 6. The molecule has 3 aromatic rings. The Kier molecular flexibility index (Phi) is 5.20. The summed E-state index contributed by atoms with van der Waals surface area (Å²) in [5.41, 5.74) is -1.96. The fourth-order valence-electron chi connectivity index (χ4n) is 3.23. The number of imide groups is 1. The third-order valence-electron chi connectivity index (χ3n) is 4.83. The zero-order chi connectivity index (χ0) is 23.3. The number of halogens is 4. The van der Waals surface area contributed by atoms with Gasteiger partial charge in [-0.15, -0.1) is 0 Å². The van der Waals surface area contributed by atoms with Crippen LogP contribution in [0.15, 0.2) is 46.1 Å². The van der Waals surface area contributed by atoms with Gasteiger partial charge >= 0.3 is 12.2 Å². The fraction of sp³-hybridized carbons (Fsp3) is 0.200. The van der Waals surface area contributed by atoms with Gasteiger partial charge in [0.25, 0.3) is 5.91 Å². The molecule has 2 aliphatic rings. The van der Waals surface area contributed by atoms with E-state index in [4.69, 9.17) is 11.6 Å². The molecule has 8 nitrogen and oxygen atoms in total. The largest absolute Gasteiger partial charge is 0.435 e. The minimum Gasteiger partial charge on any atom is -0.364 e. The van der Waals surface area contributed by atoms with Crippen LogP contribution in [-0.2, 0) is 11.0 Å². The zero-order valence-electron chi connectivity index (χ0n) is 16.5. The molecule has 0 unspecified atom stereocenters. The molecule has 1 aromatic carbocycles. The summed E-state index contributed by atoms with van der Waals surface area (Å²) in [5, 5.41) is 8.20. The number of carbonyl (C=O) groups excluding carboxylic acids is 2. The molecule has 0 bridgehead atoms. The molecule has 1 saturated carbocycles. The van der Waals surface area contributed by atoms with E-state index in [2.05, 4.69) is 20.6 Å². The van der Waals surface area contributed by atoms with Gasteiger partial charge in [0.15, 0.2) is 17.2 Å². The molecule has 33 heavy (non-hydrogen) atoms. The number of rotatable bonds is 5. The Morgan fingerprint density at radius 2 is 2.00 bits per heavy atom. The van der Waals surface area contributed by atoms with Gasteiger partial charge in [0, 0.05) is 22.2 Å². The predicted octanol–water partition coefficient (Wildman–Crippen LogP) is 4.31. The summed E-state index contributed by atoms with van der Waals surface area (Å²) < 4.78 is 42.9. The molecule has 2 aromatic heterocycles. The molecule has 13 heteroatoms. The van der Waals surface area contributed by atoms with Crippen LogP contribution in [-0.4, -0.2) is 32.3 Å². The highest BCUT2D eigenvalue weighted by atomic mass is 35.5. The van der Waals surface area contributed by atoms with E-state index in [1.807, 2.05) is 5.32 Å². The van der Waals surface area contributed by atoms with Gasteiger partial charge in [-0.05, 0) is 37.1 Å². The van der Waals surface area contributed by atoms with Crippen molar-refractivity contribution >= 4 is 52.8 Å². The normalized spacial score (nSPS) is 17.5. The third-order valence-corrected chi connectivity index (χ3v) is 5.96. The van der Waals surface area contributed by atoms with Gasteiger partial charge < -0.3 is 10.6 Å². The molecule has 170 valence electrons. The van der Waals surface area contributed by atoms with Crippen molar-refractivity contribution in [2.75, 3.05) is 5.32 Å². The van der Waals surface area contributed by atoms with Crippen LogP contribution in [0, 0.1) is 0 Å². The number of hydrogen-bond donors (Lipinski definition) is 3. The van der Waals surface area contributed by atoms with E-state index in [0.29, 0.717) is 10.0 Å². The molecular weight excluding hydrogens is 481 g/mol. The average molecular weight is 495 g/mol. The molecule has 1 saturated heterocycles. The van der Waals surface area contributed by atoms with E-state index < -0.39 is 29.5 Å². The van der Waals surface area contributed by atoms with Gasteiger partial charge in [0.05, 0.1) is 5.69 Å². The maximum Gasteiger partial charge on any atom is 0.435 e. The number of alkyl halides is 3. The average Bonchev–Trinajstić information content (AvgIpc) is 3.37. The maximum absolute atomic E-state index is 13.9. The number of aromatic nitrogens is 3. The number of carbonyl (C=O) groups is 2. The second-order valence-electron chi connectivity index (χ2n) is 7.41. The van der Waals surface area contributed by atoms with Crippen molar-refractivity contribution < 1.29 is 22.8 Å². The van der Waals surface area contributed by atoms with Gasteiger partial charge in [0.1, 0.15) is 10.7 Å². The van der Waals surface area contributed by atoms with Gasteiger partial charge in [0.2, 0.25) is 0 Å². The first kappa shape index (κ1) is 21.6. The van der Waals surface area contributed by atoms with Crippen LogP contribution in [0.4, 0.5) is 23.8 Å². The number of urea groups is 1. The first-order valence-electron chi connectivity index (χ1n) is 9.71. The fourth-order valence-corrected chi connectivity index (χ4v) is 4.35. The lowest BCUT2D eigenvalue weighted by Crippen LogP contribution is -2.22. The lowest BCUT2D eigenvalue weighted by atomic mass is 10.2. The van der Waals surface area contributed by atoms with Gasteiger partial charge in [-0.3, -0.25) is 14.5 Å². The second-order valence-corrected chi connectivity index (χ2v) is 8.94. The summed E-state index contributed by atoms with van der Waals surface area (Å²) in [7, 11) is 0. The van der Waals surface area contributed by atoms with Crippen molar-refractivity contribution in [1.29, 1.82) is 0 Å². The van der Waals surface area contributed by atoms with Crippen LogP contribution in [0.1, 0.15) is 24.2 Å². The van der Waals surface area contributed by atoms with Crippen molar-refractivity contribution in [2.24, 2.45) is 0 Å². The van der Waals surface area contributed by atoms with E-state index in [1.54, 1.807) is 24.3 Å². The molecule has 3 heterocycles. The Morgan fingerprint density at radius 3 is 2.64 bits per heavy atom. The van der Waals surface area contributed by atoms with E-state index in [1.165, 1.54) is 22.4 Å². The van der Waals surface area contributed by atoms with Crippen LogP contribution in [0.3, 0.4) is 0 Å². The number of nitrogens with one attached hydrogen (secondary N) is 3. The molecule has 2 fully saturated rings. The number of anilines is 1. The predicted molar refractivity (Wildman–Crippen MR) is 115 cm³/mol. The number of nitrogens with zero attached hydrogens (tertiary/aromatic N) is 3. The summed E-state index contributed by atoms with van der Waals surface area (Å²) in [6.45, 7) is 0. The number of imidazole rings is 1. The Morgan fingerprint density at radius 1 is 1.21 bits per heavy atom. The van der Waals surface area contributed by atoms with Crippen LogP contribution in [0.25, 0.3) is 11.7 Å². The lowest BCUT2D eigenvalue weighted by molar-refractivity contribution is -0.141. The number of fused-ring (bicyclic) bond motifs is 1. The van der Waals surface area contributed by atoms with E-state index >= 15 is 0 Å². The summed E-state index contributed by atoms with van der Waals surface area (Å²) in [4.78, 5) is 32.4. The van der Waals surface area contributed by atoms with E-state index in [0.717, 1.165) is 23.8 Å². The molecular formula is C20H14ClF3N6O2S. The van der Waals surface area contributed by atoms with Crippen molar-refractivity contribution in [3.63, 3.8) is 0 Å². The molecule has 0 atom stereocenters. The summed E-state index contributed by atoms with van der Waals surface area (Å²) >= 11 is 7.26. The lowest BCUT2D eigenvalue weighted by Gasteiger charge is -2.10. The summed E-state index contributed by atoms with van der Waals surface area (Å²) in [6.07, 6.45) is -0.709. The highest BCUT2D eigenvalue weighted by Crippen LogP contribution is 2.37. The van der Waals surface area contributed by atoms with Crippen LogP contribution < -0.4 is 16.0 Å². The summed E-state index contributed by atoms with van der Waals surface area (Å²) in [6, 6.07) is 6.25. The Hall–Kier alpha value is -3.25. The van der Waals surface area contributed by atoms with Gasteiger partial charge in [-0.2, -0.15) is 13.2 Å². The monoisotopic (exact) mass is 494 g/mol. The van der Waals surface area contributed by atoms with Crippen molar-refractivity contribution in [3.8, 4) is 0 Å². The van der Waals surface area contributed by atoms with Crippen LogP contribution in [0.5, 0.6) is 0 Å². The molecule has 0 spiro atoms. The first-order valence-corrected chi connectivity index (χ1v) is 10.9. The number of amides is 3. The van der Waals surface area contributed by atoms with E-state index in [9.17, 15) is 22.8 Å². The summed E-state index contributed by atoms with van der Waals surface area (Å²) in [5.74, 6) is -0.637. The molecule has 3 amide bonds. The topological polar surface area (TPSA) is 100 Å². The molecule has 3 N–H and O–H groups in total. The van der Waals surface area contributed by atoms with Gasteiger partial charge in [-0.1, -0.05) is 29.4 Å². The molecule has 1 aliphatic heterocycles. The minimum atomic E-state index is -4.81. The Bertz CT molecular complexity index is 1340. The molecule has 5 rings (SSSR count). The maximum atomic E-state index is 13.9. The van der Waals surface area contributed by atoms with Crippen molar-refractivity contribution in [2.45, 2.75) is 35.0 Å². The highest BCUT2D eigenvalue weighted by Gasteiger charge is 2.39. The smallest absolute Gasteiger partial charge is 0.364 e. The standard InChI is InChI=1S/C20H14ClF3N6O2S/c21-9-2-1-3-11(6-9)33-14-8-30-13(7-12-18(31)29-19(32)26-12)15(20(22,23)24)28-17(30)16(27-14)25-10-4-5-10/h1-3,6-8,10H,4-5H2,(H,25,27)(H2,26,29,31,32). The Balaban J connectivity index is 1.70. The third kappa shape index (κ3) is 4.48. The second kappa shape index (κ2) is 7.96. The quantitative estimate of drug-likeness (QED) is 0.361. The van der Waals surface area contributed by atoms with Crippen molar-refractivity contribution in [3.05, 3.63) is 52.6 Å². The van der Waals surface area contributed by atoms with E-state index in [-0.39, 0.29) is 23.2 Å². The van der Waals surface area contributed by atoms with Crippen LogP contribution >= 0.6 is 23.4 Å². The Labute approximate surface area is 193 Å². The zero-order valence-corrected chi connectivity index (χ0v) is 18.1.